The maximum absolute atomic E-state index is 11.0. The molecule has 5 heteroatoms. The highest BCUT2D eigenvalue weighted by atomic mass is 79.9. The van der Waals surface area contributed by atoms with E-state index in [2.05, 4.69) is 39.2 Å². The zero-order valence-corrected chi connectivity index (χ0v) is 12.1. The Kier molecular flexibility index (Phi) is 4.22. The molecule has 0 aromatic carbocycles. The standard InChI is InChI=1S/C12H16BrNO2S/c1-8(11-5-10(13)7-17-11)14-4-2-3-9(6-14)12(15)16/h5,7-9H,2-4,6H2,1H3,(H,15,16). The first kappa shape index (κ1) is 13.1. The van der Waals surface area contributed by atoms with Crippen molar-refractivity contribution in [3.05, 3.63) is 20.8 Å². The van der Waals surface area contributed by atoms with E-state index >= 15 is 0 Å². The van der Waals surface area contributed by atoms with Gasteiger partial charge in [-0.3, -0.25) is 9.69 Å². The van der Waals surface area contributed by atoms with Crippen molar-refractivity contribution in [1.29, 1.82) is 0 Å². The van der Waals surface area contributed by atoms with Gasteiger partial charge in [-0.2, -0.15) is 0 Å². The summed E-state index contributed by atoms with van der Waals surface area (Å²) in [5, 5.41) is 11.2. The molecule has 0 spiro atoms. The number of carboxylic acid groups (broad SMARTS) is 1. The second-order valence-corrected chi connectivity index (χ2v) is 6.37. The molecule has 1 fully saturated rings. The molecule has 0 amide bonds. The van der Waals surface area contributed by atoms with Crippen LogP contribution in [0.5, 0.6) is 0 Å². The summed E-state index contributed by atoms with van der Waals surface area (Å²) in [4.78, 5) is 14.6. The lowest BCUT2D eigenvalue weighted by molar-refractivity contribution is -0.143. The third-order valence-electron chi connectivity index (χ3n) is 3.35. The summed E-state index contributed by atoms with van der Waals surface area (Å²) in [5.41, 5.74) is 0. The van der Waals surface area contributed by atoms with Crippen molar-refractivity contribution in [3.8, 4) is 0 Å². The molecule has 1 saturated heterocycles. The molecule has 2 atom stereocenters. The molecule has 2 heterocycles. The second kappa shape index (κ2) is 5.50. The van der Waals surface area contributed by atoms with Crippen LogP contribution >= 0.6 is 27.3 Å². The summed E-state index contributed by atoms with van der Waals surface area (Å²) in [7, 11) is 0. The number of carboxylic acids is 1. The number of nitrogens with zero attached hydrogens (tertiary/aromatic N) is 1. The third kappa shape index (κ3) is 3.09. The normalized spacial score (nSPS) is 23.5. The molecule has 1 aliphatic rings. The maximum Gasteiger partial charge on any atom is 0.307 e. The zero-order valence-electron chi connectivity index (χ0n) is 9.73. The highest BCUT2D eigenvalue weighted by Gasteiger charge is 2.28. The molecule has 0 saturated carbocycles. The van der Waals surface area contributed by atoms with Crippen LogP contribution in [0.25, 0.3) is 0 Å². The monoisotopic (exact) mass is 317 g/mol. The van der Waals surface area contributed by atoms with Gasteiger partial charge in [0.05, 0.1) is 5.92 Å². The smallest absolute Gasteiger partial charge is 0.307 e. The minimum atomic E-state index is -0.658. The number of halogens is 1. The quantitative estimate of drug-likeness (QED) is 0.929. The highest BCUT2D eigenvalue weighted by Crippen LogP contribution is 2.31. The molecule has 3 nitrogen and oxygen atoms in total. The minimum Gasteiger partial charge on any atom is -0.481 e. The first-order valence-corrected chi connectivity index (χ1v) is 7.46. The van der Waals surface area contributed by atoms with Gasteiger partial charge in [0, 0.05) is 27.3 Å². The van der Waals surface area contributed by atoms with Gasteiger partial charge in [-0.25, -0.2) is 0 Å². The lowest BCUT2D eigenvalue weighted by atomic mass is 9.97. The number of likely N-dealkylation sites (tertiary alicyclic amines) is 1. The summed E-state index contributed by atoms with van der Waals surface area (Å²) < 4.78 is 1.11. The first-order chi connectivity index (χ1) is 8.08. The van der Waals surface area contributed by atoms with Crippen LogP contribution < -0.4 is 0 Å². The van der Waals surface area contributed by atoms with Crippen LogP contribution in [0, 0.1) is 5.92 Å². The number of hydrogen-bond donors (Lipinski definition) is 1. The summed E-state index contributed by atoms with van der Waals surface area (Å²) in [6.45, 7) is 3.83. The molecule has 2 unspecified atom stereocenters. The second-order valence-electron chi connectivity index (χ2n) is 4.52. The molecule has 17 heavy (non-hydrogen) atoms. The van der Waals surface area contributed by atoms with Gasteiger partial charge in [0.2, 0.25) is 0 Å². The van der Waals surface area contributed by atoms with Crippen LogP contribution in [-0.2, 0) is 4.79 Å². The van der Waals surface area contributed by atoms with Gasteiger partial charge in [-0.1, -0.05) is 0 Å². The van der Waals surface area contributed by atoms with Crippen molar-refractivity contribution in [3.63, 3.8) is 0 Å². The van der Waals surface area contributed by atoms with Gasteiger partial charge in [-0.05, 0) is 48.3 Å². The van der Waals surface area contributed by atoms with Crippen molar-refractivity contribution in [2.45, 2.75) is 25.8 Å². The lowest BCUT2D eigenvalue weighted by Gasteiger charge is -2.34. The first-order valence-electron chi connectivity index (χ1n) is 5.78. The summed E-state index contributed by atoms with van der Waals surface area (Å²) in [6, 6.07) is 2.44. The lowest BCUT2D eigenvalue weighted by Crippen LogP contribution is -2.39. The molecule has 1 aromatic heterocycles. The van der Waals surface area contributed by atoms with Crippen LogP contribution in [0.2, 0.25) is 0 Å². The van der Waals surface area contributed by atoms with E-state index in [0.29, 0.717) is 12.6 Å². The zero-order chi connectivity index (χ0) is 12.4. The molecular weight excluding hydrogens is 302 g/mol. The van der Waals surface area contributed by atoms with Crippen LogP contribution in [0.15, 0.2) is 15.9 Å². The van der Waals surface area contributed by atoms with E-state index in [1.807, 2.05) is 0 Å². The van der Waals surface area contributed by atoms with Crippen molar-refractivity contribution in [1.82, 2.24) is 4.90 Å². The van der Waals surface area contributed by atoms with Gasteiger partial charge in [-0.15, -0.1) is 11.3 Å². The fraction of sp³-hybridized carbons (Fsp3) is 0.583. The SMILES string of the molecule is CC(c1cc(Br)cs1)N1CCCC(C(=O)O)C1. The van der Waals surface area contributed by atoms with Crippen molar-refractivity contribution in [2.24, 2.45) is 5.92 Å². The largest absolute Gasteiger partial charge is 0.481 e. The number of piperidine rings is 1. The molecular formula is C12H16BrNO2S. The van der Waals surface area contributed by atoms with E-state index in [1.54, 1.807) is 11.3 Å². The molecule has 94 valence electrons. The summed E-state index contributed by atoms with van der Waals surface area (Å²) >= 11 is 5.18. The molecule has 2 rings (SSSR count). The van der Waals surface area contributed by atoms with Gasteiger partial charge in [0.15, 0.2) is 0 Å². The third-order valence-corrected chi connectivity index (χ3v) is 5.21. The van der Waals surface area contributed by atoms with E-state index < -0.39 is 5.97 Å². The van der Waals surface area contributed by atoms with E-state index in [0.717, 1.165) is 23.9 Å². The van der Waals surface area contributed by atoms with Gasteiger partial charge < -0.3 is 5.11 Å². The van der Waals surface area contributed by atoms with Crippen LogP contribution in [0.4, 0.5) is 0 Å². The predicted octanol–water partition coefficient (Wildman–Crippen LogP) is 3.37. The average Bonchev–Trinajstić information content (AvgIpc) is 2.75. The van der Waals surface area contributed by atoms with E-state index in [-0.39, 0.29) is 5.92 Å². The number of rotatable bonds is 3. The van der Waals surface area contributed by atoms with Gasteiger partial charge in [0.25, 0.3) is 0 Å². The molecule has 1 N–H and O–H groups in total. The van der Waals surface area contributed by atoms with Crippen LogP contribution in [0.1, 0.15) is 30.7 Å². The van der Waals surface area contributed by atoms with E-state index in [9.17, 15) is 4.79 Å². The van der Waals surface area contributed by atoms with Gasteiger partial charge >= 0.3 is 5.97 Å². The highest BCUT2D eigenvalue weighted by molar-refractivity contribution is 9.10. The van der Waals surface area contributed by atoms with Crippen molar-refractivity contribution >= 4 is 33.2 Å². The summed E-state index contributed by atoms with van der Waals surface area (Å²) in [6.07, 6.45) is 1.79. The van der Waals surface area contributed by atoms with Crippen LogP contribution in [0.3, 0.4) is 0 Å². The summed E-state index contributed by atoms with van der Waals surface area (Å²) in [5.74, 6) is -0.858. The minimum absolute atomic E-state index is 0.199. The molecule has 1 aliphatic heterocycles. The fourth-order valence-corrected chi connectivity index (χ4v) is 3.82. The topological polar surface area (TPSA) is 40.5 Å². The van der Waals surface area contributed by atoms with Crippen LogP contribution in [-0.4, -0.2) is 29.1 Å². The predicted molar refractivity (Wildman–Crippen MR) is 72.4 cm³/mol. The molecule has 0 bridgehead atoms. The molecule has 1 aromatic rings. The number of hydrogen-bond acceptors (Lipinski definition) is 3. The Labute approximate surface area is 114 Å². The Morgan fingerprint density at radius 2 is 2.47 bits per heavy atom. The average molecular weight is 318 g/mol. The number of carbonyl (C=O) groups is 1. The van der Waals surface area contributed by atoms with Crippen molar-refractivity contribution < 1.29 is 9.90 Å². The Balaban J connectivity index is 2.04. The Morgan fingerprint density at radius 1 is 1.71 bits per heavy atom. The fourth-order valence-electron chi connectivity index (χ4n) is 2.29. The molecule has 0 radical (unpaired) electrons. The van der Waals surface area contributed by atoms with Gasteiger partial charge in [0.1, 0.15) is 0 Å². The number of thiophene rings is 1. The molecule has 0 aliphatic carbocycles. The Hall–Kier alpha value is -0.390. The Morgan fingerprint density at radius 3 is 3.06 bits per heavy atom. The van der Waals surface area contributed by atoms with E-state index in [1.165, 1.54) is 4.88 Å². The Bertz CT molecular complexity index is 407. The van der Waals surface area contributed by atoms with E-state index in [4.69, 9.17) is 5.11 Å². The maximum atomic E-state index is 11.0. The van der Waals surface area contributed by atoms with Crippen molar-refractivity contribution in [2.75, 3.05) is 13.1 Å². The number of aliphatic carboxylic acids is 1.